The van der Waals surface area contributed by atoms with Gasteiger partial charge in [0.2, 0.25) is 5.91 Å². The number of hydrogen-bond donors (Lipinski definition) is 1. The second-order valence-electron chi connectivity index (χ2n) is 17.8. The van der Waals surface area contributed by atoms with Crippen molar-refractivity contribution in [3.63, 3.8) is 0 Å². The van der Waals surface area contributed by atoms with Gasteiger partial charge in [0.1, 0.15) is 11.5 Å². The van der Waals surface area contributed by atoms with Crippen LogP contribution >= 0.6 is 0 Å². The van der Waals surface area contributed by atoms with Crippen molar-refractivity contribution in [1.29, 1.82) is 0 Å². The maximum atomic E-state index is 11.8. The molecule has 5 nitrogen and oxygen atoms in total. The molecular weight excluding hydrogens is 725 g/mol. The summed E-state index contributed by atoms with van der Waals surface area (Å²) in [4.78, 5) is 14.4. The summed E-state index contributed by atoms with van der Waals surface area (Å²) in [5.74, 6) is 2.92. The van der Waals surface area contributed by atoms with Crippen LogP contribution in [0.3, 0.4) is 0 Å². The third-order valence-electron chi connectivity index (χ3n) is 12.2. The van der Waals surface area contributed by atoms with Crippen molar-refractivity contribution in [2.24, 2.45) is 5.92 Å². The highest BCUT2D eigenvalue weighted by atomic mass is 16.5. The number of rotatable bonds is 47. The molecule has 0 aliphatic carbocycles. The van der Waals surface area contributed by atoms with Gasteiger partial charge in [0.15, 0.2) is 0 Å². The molecule has 0 aromatic rings. The minimum atomic E-state index is 0. The number of amides is 1. The molecule has 5 heteroatoms. The number of carbonyl (C=O) groups excluding carboxylic acids is 1. The van der Waals surface area contributed by atoms with Crippen molar-refractivity contribution < 1.29 is 15.7 Å². The average Bonchev–Trinajstić information content (AvgIpc) is 3.25. The van der Waals surface area contributed by atoms with E-state index in [9.17, 15) is 4.79 Å². The van der Waals surface area contributed by atoms with Gasteiger partial charge in [0.25, 0.3) is 0 Å². The van der Waals surface area contributed by atoms with Crippen LogP contribution in [0.25, 0.3) is 0 Å². The number of unbranched alkanes of at least 4 members (excludes halogenated alkanes) is 20. The first-order valence-electron chi connectivity index (χ1n) is 26.0. The normalized spacial score (nSPS) is 11.3. The Morgan fingerprint density at radius 1 is 0.525 bits per heavy atom. The summed E-state index contributed by atoms with van der Waals surface area (Å²) in [5, 5.41) is 3.07. The Morgan fingerprint density at radius 3 is 1.46 bits per heavy atom. The summed E-state index contributed by atoms with van der Waals surface area (Å²) in [7, 11) is 0. The van der Waals surface area contributed by atoms with Crippen molar-refractivity contribution >= 4 is 5.91 Å². The van der Waals surface area contributed by atoms with E-state index in [1.165, 1.54) is 180 Å². The van der Waals surface area contributed by atoms with E-state index in [1.54, 1.807) is 0 Å². The molecule has 59 heavy (non-hydrogen) atoms. The van der Waals surface area contributed by atoms with E-state index in [1.807, 2.05) is 6.92 Å². The lowest BCUT2D eigenvalue weighted by Crippen LogP contribution is -2.31. The molecule has 0 fully saturated rings. The maximum absolute atomic E-state index is 11.8. The molecule has 0 aromatic heterocycles. The van der Waals surface area contributed by atoms with E-state index >= 15 is 0 Å². The lowest BCUT2D eigenvalue weighted by Gasteiger charge is -2.22. The van der Waals surface area contributed by atoms with E-state index in [-0.39, 0.29) is 7.33 Å². The van der Waals surface area contributed by atoms with Crippen LogP contribution in [-0.2, 0) is 14.3 Å². The van der Waals surface area contributed by atoms with Crippen LogP contribution < -0.4 is 5.32 Å². The zero-order chi connectivity index (χ0) is 43.3. The summed E-state index contributed by atoms with van der Waals surface area (Å²) in [5.41, 5.74) is 6.27. The summed E-state index contributed by atoms with van der Waals surface area (Å²) < 4.78 is 12.8. The zero-order valence-electron chi connectivity index (χ0n) is 40.5. The minimum Gasteiger partial charge on any atom is -0.490 e. The number of carbonyl (C=O) groups is 1. The van der Waals surface area contributed by atoms with Gasteiger partial charge in [0.05, 0.1) is 12.7 Å². The van der Waals surface area contributed by atoms with Crippen LogP contribution in [0, 0.1) is 5.92 Å². The number of ether oxygens (including phenoxy) is 2. The molecule has 0 saturated carbocycles. The van der Waals surface area contributed by atoms with Gasteiger partial charge in [-0.15, -0.1) is 0 Å². The van der Waals surface area contributed by atoms with E-state index in [4.69, 9.17) is 9.47 Å². The van der Waals surface area contributed by atoms with Gasteiger partial charge in [-0.1, -0.05) is 200 Å². The van der Waals surface area contributed by atoms with Crippen LogP contribution in [0.5, 0.6) is 0 Å². The molecule has 0 saturated heterocycles. The van der Waals surface area contributed by atoms with Crippen LogP contribution in [0.15, 0.2) is 36.1 Å². The lowest BCUT2D eigenvalue weighted by molar-refractivity contribution is -0.120. The van der Waals surface area contributed by atoms with Gasteiger partial charge in [-0.3, -0.25) is 4.79 Å². The molecule has 0 spiro atoms. The van der Waals surface area contributed by atoms with Gasteiger partial charge in [0, 0.05) is 27.2 Å². The van der Waals surface area contributed by atoms with Crippen LogP contribution in [0.4, 0.5) is 0 Å². The van der Waals surface area contributed by atoms with E-state index in [0.717, 1.165) is 88.7 Å². The molecule has 1 N–H and O–H groups in total. The Balaban J connectivity index is 0. The van der Waals surface area contributed by atoms with Crippen LogP contribution in [0.1, 0.15) is 261 Å². The summed E-state index contributed by atoms with van der Waals surface area (Å²) in [6.45, 7) is 24.0. The Morgan fingerprint density at radius 2 is 0.966 bits per heavy atom. The highest BCUT2D eigenvalue weighted by Crippen LogP contribution is 2.23. The average molecular weight is 829 g/mol. The van der Waals surface area contributed by atoms with Crippen molar-refractivity contribution in [1.82, 2.24) is 10.2 Å². The molecule has 0 aromatic carbocycles. The number of nitrogens with zero attached hydrogens (tertiary/aromatic N) is 1. The largest absolute Gasteiger partial charge is 0.490 e. The Labute approximate surface area is 371 Å². The SMILES string of the molecule is C=C=C(CCCCCCCN(CCCCCCCC(=C=C)OC(CCCCCCCC)CCCCCCCC)CCCNC(=O)CC)OCCC(CCCC)CCCC.[HH]. The van der Waals surface area contributed by atoms with E-state index in [0.29, 0.717) is 12.5 Å². The fourth-order valence-electron chi connectivity index (χ4n) is 8.23. The Kier molecular flexibility index (Phi) is 44.1. The maximum Gasteiger partial charge on any atom is 0.219 e. The standard InChI is InChI=1S/C54H102N2O3.H2/c1-8-15-19-21-25-33-42-53(43-34-26-22-20-16-9-2)59-52(13-6)41-32-28-24-30-36-47-56(48-37-45-55-54(57)14-7)46-35-29-23-27-31-40-51(12-5)58-49-44-50(38-17-10-3)39-18-11-4;/h50,53H,5-6,8-11,14-49H2,1-4,7H3,(H,55,57);1H. The van der Waals surface area contributed by atoms with Crippen LogP contribution in [-0.4, -0.2) is 49.7 Å². The predicted molar refractivity (Wildman–Crippen MR) is 261 cm³/mol. The van der Waals surface area contributed by atoms with Crippen molar-refractivity contribution in [2.45, 2.75) is 265 Å². The van der Waals surface area contributed by atoms with Gasteiger partial charge in [-0.2, -0.15) is 0 Å². The van der Waals surface area contributed by atoms with Gasteiger partial charge < -0.3 is 19.7 Å². The first-order chi connectivity index (χ1) is 29.0. The zero-order valence-corrected chi connectivity index (χ0v) is 40.5. The fourth-order valence-corrected chi connectivity index (χ4v) is 8.23. The minimum absolute atomic E-state index is 0. The smallest absolute Gasteiger partial charge is 0.219 e. The molecule has 0 rings (SSSR count). The molecule has 1 amide bonds. The summed E-state index contributed by atoms with van der Waals surface area (Å²) >= 11 is 0. The molecule has 0 bridgehead atoms. The highest BCUT2D eigenvalue weighted by molar-refractivity contribution is 5.75. The van der Waals surface area contributed by atoms with Crippen molar-refractivity contribution in [3.8, 4) is 0 Å². The van der Waals surface area contributed by atoms with Crippen LogP contribution in [0.2, 0.25) is 0 Å². The summed E-state index contributed by atoms with van der Waals surface area (Å²) in [6.07, 6.45) is 43.7. The van der Waals surface area contributed by atoms with Crippen molar-refractivity contribution in [2.75, 3.05) is 32.8 Å². The number of allylic oxidation sites excluding steroid dienone is 2. The second kappa shape index (κ2) is 45.6. The Hall–Kier alpha value is -1.93. The molecule has 0 atom stereocenters. The molecule has 0 heterocycles. The van der Waals surface area contributed by atoms with Gasteiger partial charge in [-0.25, -0.2) is 0 Å². The number of nitrogens with one attached hydrogen (secondary N) is 1. The van der Waals surface area contributed by atoms with Crippen molar-refractivity contribution in [3.05, 3.63) is 36.1 Å². The quantitative estimate of drug-likeness (QED) is 0.0377. The molecule has 348 valence electrons. The molecule has 0 unspecified atom stereocenters. The van der Waals surface area contributed by atoms with Gasteiger partial charge >= 0.3 is 0 Å². The monoisotopic (exact) mass is 829 g/mol. The molecule has 0 aliphatic heterocycles. The fraction of sp³-hybridized carbons (Fsp3) is 0.870. The topological polar surface area (TPSA) is 50.8 Å². The molecule has 0 aliphatic rings. The van der Waals surface area contributed by atoms with E-state index in [2.05, 4.69) is 62.5 Å². The number of hydrogen-bond acceptors (Lipinski definition) is 4. The molecular formula is C54H104N2O3. The third kappa shape index (κ3) is 38.7. The van der Waals surface area contributed by atoms with E-state index < -0.39 is 0 Å². The summed E-state index contributed by atoms with van der Waals surface area (Å²) in [6, 6.07) is 0. The Bertz CT molecular complexity index is 996. The van der Waals surface area contributed by atoms with Gasteiger partial charge in [-0.05, 0) is 89.8 Å². The first kappa shape index (κ1) is 57.1. The first-order valence-corrected chi connectivity index (χ1v) is 26.0. The highest BCUT2D eigenvalue weighted by Gasteiger charge is 2.13. The molecule has 0 radical (unpaired) electrons. The third-order valence-corrected chi connectivity index (χ3v) is 12.2. The second-order valence-corrected chi connectivity index (χ2v) is 17.8. The predicted octanol–water partition coefficient (Wildman–Crippen LogP) is 16.8. The lowest BCUT2D eigenvalue weighted by atomic mass is 9.93.